The summed E-state index contributed by atoms with van der Waals surface area (Å²) in [6.45, 7) is 4.08. The van der Waals surface area contributed by atoms with Crippen molar-refractivity contribution in [3.63, 3.8) is 0 Å². The number of carbonyl (C=O) groups excluding carboxylic acids is 3. The molecule has 2 amide bonds. The van der Waals surface area contributed by atoms with Crippen LogP contribution >= 0.6 is 34.9 Å². The van der Waals surface area contributed by atoms with Crippen molar-refractivity contribution in [2.45, 2.75) is 42.8 Å². The summed E-state index contributed by atoms with van der Waals surface area (Å²) in [5.41, 5.74) is 5.67. The molecule has 16 heteroatoms. The van der Waals surface area contributed by atoms with Crippen molar-refractivity contribution in [2.24, 2.45) is 5.16 Å². The van der Waals surface area contributed by atoms with Crippen LogP contribution in [0.25, 0.3) is 0 Å². The summed E-state index contributed by atoms with van der Waals surface area (Å²) in [6.07, 6.45) is 2.51. The molecule has 3 atom stereocenters. The number of amides is 2. The summed E-state index contributed by atoms with van der Waals surface area (Å²) in [7, 11) is 0. The van der Waals surface area contributed by atoms with Gasteiger partial charge in [0.25, 0.3) is 11.8 Å². The standard InChI is InChI=1S/C23H24N6O7S3/c1-3-28-6-4-13(5-7-28)37-8-12-9-38-20-16(19(31)29(20)17(12)22(34)35)26-18(30)15(14-10-39-23(24)25-14)27-36-11(2)21(32)33/h4-7,10-11,16,20H,3,8-9H2,1-2H3,(H4-,24,25,26,30,32,33,34,35)/b27-15+/t11-,16+,20+/m0/s1. The third kappa shape index (κ3) is 6.17. The average molecular weight is 593 g/mol. The van der Waals surface area contributed by atoms with E-state index in [2.05, 4.69) is 15.5 Å². The van der Waals surface area contributed by atoms with Crippen LogP contribution in [0, 0.1) is 0 Å². The van der Waals surface area contributed by atoms with E-state index >= 15 is 0 Å². The first kappa shape index (κ1) is 28.4. The number of fused-ring (bicyclic) bond motifs is 1. The van der Waals surface area contributed by atoms with Gasteiger partial charge in [-0.3, -0.25) is 14.5 Å². The van der Waals surface area contributed by atoms with Crippen molar-refractivity contribution in [3.8, 4) is 0 Å². The maximum absolute atomic E-state index is 13.1. The minimum absolute atomic E-state index is 0.0347. The summed E-state index contributed by atoms with van der Waals surface area (Å²) in [4.78, 5) is 60.2. The number of carboxylic acid groups (broad SMARTS) is 2. The van der Waals surface area contributed by atoms with Gasteiger partial charge < -0.3 is 30.9 Å². The average Bonchev–Trinajstić information content (AvgIpc) is 3.35. The minimum Gasteiger partial charge on any atom is -0.543 e. The van der Waals surface area contributed by atoms with Gasteiger partial charge in [-0.05, 0) is 19.4 Å². The van der Waals surface area contributed by atoms with Gasteiger partial charge in [0.1, 0.15) is 23.7 Å². The molecule has 4 N–H and O–H groups in total. The highest BCUT2D eigenvalue weighted by Gasteiger charge is 2.53. The number of nitrogen functional groups attached to an aromatic ring is 1. The summed E-state index contributed by atoms with van der Waals surface area (Å²) in [5, 5.41) is 28.2. The zero-order valence-corrected chi connectivity index (χ0v) is 23.2. The number of nitrogens with zero attached hydrogens (tertiary/aromatic N) is 4. The lowest BCUT2D eigenvalue weighted by atomic mass is 10.0. The number of nitrogens with two attached hydrogens (primary N) is 1. The number of aryl methyl sites for hydroxylation is 1. The maximum Gasteiger partial charge on any atom is 0.347 e. The Kier molecular flexibility index (Phi) is 8.76. The van der Waals surface area contributed by atoms with Gasteiger partial charge in [-0.1, -0.05) is 5.16 Å². The Morgan fingerprint density at radius 2 is 2.13 bits per heavy atom. The molecule has 39 heavy (non-hydrogen) atoms. The van der Waals surface area contributed by atoms with Crippen molar-refractivity contribution in [1.29, 1.82) is 0 Å². The van der Waals surface area contributed by atoms with Crippen LogP contribution in [0.3, 0.4) is 0 Å². The molecule has 2 aromatic heterocycles. The molecule has 2 aliphatic heterocycles. The second kappa shape index (κ2) is 12.0. The zero-order valence-electron chi connectivity index (χ0n) is 20.7. The van der Waals surface area contributed by atoms with Gasteiger partial charge in [-0.15, -0.1) is 34.9 Å². The summed E-state index contributed by atoms with van der Waals surface area (Å²) in [6, 6.07) is 2.81. The summed E-state index contributed by atoms with van der Waals surface area (Å²) >= 11 is 3.79. The Hall–Kier alpha value is -3.63. The Labute approximate surface area is 235 Å². The van der Waals surface area contributed by atoms with Crippen LogP contribution in [-0.4, -0.2) is 73.5 Å². The molecule has 1 fully saturated rings. The molecule has 0 bridgehead atoms. The lowest BCUT2D eigenvalue weighted by Gasteiger charge is -2.50. The number of nitrogens with one attached hydrogen (secondary N) is 1. The van der Waals surface area contributed by atoms with Gasteiger partial charge in [0.15, 0.2) is 23.2 Å². The smallest absolute Gasteiger partial charge is 0.347 e. The number of carboxylic acids is 2. The van der Waals surface area contributed by atoms with Gasteiger partial charge in [-0.25, -0.2) is 14.3 Å². The van der Waals surface area contributed by atoms with E-state index in [0.717, 1.165) is 27.7 Å². The number of aliphatic carboxylic acids is 2. The van der Waals surface area contributed by atoms with Crippen LogP contribution in [0.15, 0.2) is 51.2 Å². The molecule has 2 aliphatic rings. The van der Waals surface area contributed by atoms with Crippen LogP contribution < -0.4 is 20.7 Å². The predicted octanol–water partition coefficient (Wildman–Crippen LogP) is -0.577. The Balaban J connectivity index is 1.49. The minimum atomic E-state index is -1.47. The number of anilines is 1. The van der Waals surface area contributed by atoms with E-state index in [1.807, 2.05) is 36.0 Å². The molecular formula is C23H24N6O7S3. The first-order valence-corrected chi connectivity index (χ1v) is 14.5. The van der Waals surface area contributed by atoms with Crippen LogP contribution in [0.5, 0.6) is 0 Å². The first-order chi connectivity index (χ1) is 18.6. The summed E-state index contributed by atoms with van der Waals surface area (Å²) < 4.78 is 2.00. The molecule has 0 unspecified atom stereocenters. The molecule has 1 saturated heterocycles. The fraction of sp³-hybridized carbons (Fsp3) is 0.348. The highest BCUT2D eigenvalue weighted by molar-refractivity contribution is 8.01. The SMILES string of the molecule is CC[n+]1ccc(SCC2=C(C(=O)[O-])N3C(=O)[C@@H](NC(=O)/C(=N/O[C@@H](C)C(=O)O)c4csc(N)n4)[C@H]3SC2)cc1. The Bertz CT molecular complexity index is 1360. The number of β-lactam (4-membered cyclic amide) rings is 1. The number of hydrogen-bond donors (Lipinski definition) is 3. The number of aromatic nitrogens is 2. The fourth-order valence-corrected chi connectivity index (χ4v) is 6.61. The van der Waals surface area contributed by atoms with E-state index in [0.29, 0.717) is 17.1 Å². The molecule has 0 aliphatic carbocycles. The molecule has 0 saturated carbocycles. The number of thiazole rings is 1. The fourth-order valence-electron chi connectivity index (χ4n) is 3.69. The number of pyridine rings is 1. The molecule has 0 spiro atoms. The van der Waals surface area contributed by atoms with E-state index in [-0.39, 0.29) is 22.2 Å². The third-order valence-corrected chi connectivity index (χ3v) is 8.91. The quantitative estimate of drug-likeness (QED) is 0.0995. The van der Waals surface area contributed by atoms with E-state index < -0.39 is 41.3 Å². The van der Waals surface area contributed by atoms with Gasteiger partial charge in [0, 0.05) is 33.9 Å². The van der Waals surface area contributed by atoms with Crippen molar-refractivity contribution >= 4 is 69.5 Å². The largest absolute Gasteiger partial charge is 0.543 e. The van der Waals surface area contributed by atoms with Crippen molar-refractivity contribution in [2.75, 3.05) is 17.2 Å². The van der Waals surface area contributed by atoms with E-state index in [4.69, 9.17) is 15.7 Å². The van der Waals surface area contributed by atoms with E-state index in [1.165, 1.54) is 35.8 Å². The van der Waals surface area contributed by atoms with Crippen LogP contribution in [0.2, 0.25) is 0 Å². The lowest BCUT2D eigenvalue weighted by Crippen LogP contribution is -2.71. The number of hydrogen-bond acceptors (Lipinski definition) is 12. The van der Waals surface area contributed by atoms with E-state index in [9.17, 15) is 24.3 Å². The van der Waals surface area contributed by atoms with Crippen molar-refractivity contribution < 1.29 is 38.8 Å². The molecule has 206 valence electrons. The summed E-state index contributed by atoms with van der Waals surface area (Å²) in [5.74, 6) is -3.58. The molecule has 13 nitrogen and oxygen atoms in total. The van der Waals surface area contributed by atoms with E-state index in [1.54, 1.807) is 0 Å². The molecule has 4 rings (SSSR count). The second-order valence-corrected chi connectivity index (χ2v) is 11.4. The molecule has 2 aromatic rings. The highest BCUT2D eigenvalue weighted by Crippen LogP contribution is 2.41. The number of oxime groups is 1. The van der Waals surface area contributed by atoms with Gasteiger partial charge in [0.05, 0.1) is 11.7 Å². The molecule has 0 radical (unpaired) electrons. The normalized spacial score (nSPS) is 19.7. The highest BCUT2D eigenvalue weighted by atomic mass is 32.2. The number of carbonyl (C=O) groups is 4. The number of thioether (sulfide) groups is 2. The van der Waals surface area contributed by atoms with Gasteiger partial charge in [0.2, 0.25) is 6.10 Å². The Morgan fingerprint density at radius 3 is 2.72 bits per heavy atom. The monoisotopic (exact) mass is 592 g/mol. The van der Waals surface area contributed by atoms with Gasteiger partial charge in [-0.2, -0.15) is 0 Å². The second-order valence-electron chi connectivity index (χ2n) is 8.35. The maximum atomic E-state index is 13.1. The lowest BCUT2D eigenvalue weighted by molar-refractivity contribution is -0.693. The molecule has 0 aromatic carbocycles. The predicted molar refractivity (Wildman–Crippen MR) is 141 cm³/mol. The van der Waals surface area contributed by atoms with Gasteiger partial charge >= 0.3 is 5.97 Å². The molecule has 4 heterocycles. The van der Waals surface area contributed by atoms with Crippen LogP contribution in [-0.2, 0) is 30.6 Å². The van der Waals surface area contributed by atoms with Crippen molar-refractivity contribution in [1.82, 2.24) is 15.2 Å². The van der Waals surface area contributed by atoms with Crippen LogP contribution in [0.4, 0.5) is 5.13 Å². The Morgan fingerprint density at radius 1 is 1.41 bits per heavy atom. The van der Waals surface area contributed by atoms with Crippen molar-refractivity contribution in [3.05, 3.63) is 46.9 Å². The number of rotatable bonds is 11. The molecular weight excluding hydrogens is 568 g/mol. The third-order valence-electron chi connectivity index (χ3n) is 5.80. The first-order valence-electron chi connectivity index (χ1n) is 11.6. The van der Waals surface area contributed by atoms with Crippen LogP contribution in [0.1, 0.15) is 19.5 Å². The topological polar surface area (TPSA) is 191 Å². The zero-order chi connectivity index (χ0) is 28.3.